The van der Waals surface area contributed by atoms with E-state index < -0.39 is 6.04 Å². The molecule has 5 aromatic rings. The first-order valence-electron chi connectivity index (χ1n) is 12.8. The fraction of sp³-hybridized carbons (Fsp3) is 0.300. The van der Waals surface area contributed by atoms with Gasteiger partial charge in [-0.3, -0.25) is 14.7 Å². The summed E-state index contributed by atoms with van der Waals surface area (Å²) in [6.45, 7) is 11.4. The van der Waals surface area contributed by atoms with Gasteiger partial charge in [-0.05, 0) is 97.0 Å². The predicted octanol–water partition coefficient (Wildman–Crippen LogP) is 5.07. The zero-order valence-corrected chi connectivity index (χ0v) is 22.5. The van der Waals surface area contributed by atoms with Gasteiger partial charge in [-0.1, -0.05) is 36.4 Å². The third kappa shape index (κ3) is 5.26. The largest absolute Gasteiger partial charge is 0.322 e. The van der Waals surface area contributed by atoms with E-state index in [0.29, 0.717) is 24.5 Å². The van der Waals surface area contributed by atoms with Crippen LogP contribution in [0.15, 0.2) is 77.9 Å². The van der Waals surface area contributed by atoms with Crippen molar-refractivity contribution in [2.45, 2.75) is 59.3 Å². The van der Waals surface area contributed by atoms with Crippen LogP contribution in [0, 0.1) is 13.8 Å². The van der Waals surface area contributed by atoms with E-state index >= 15 is 0 Å². The fourth-order valence-corrected chi connectivity index (χ4v) is 4.82. The Bertz CT molecular complexity index is 1560. The zero-order chi connectivity index (χ0) is 26.9. The molecule has 0 radical (unpaired) electrons. The molecule has 0 aliphatic carbocycles. The maximum absolute atomic E-state index is 13.8. The van der Waals surface area contributed by atoms with Crippen LogP contribution in [0.2, 0.25) is 0 Å². The number of hydrogen-bond donors (Lipinski definition) is 1. The quantitative estimate of drug-likeness (QED) is 0.331. The Morgan fingerprint density at radius 1 is 0.947 bits per heavy atom. The van der Waals surface area contributed by atoms with Crippen molar-refractivity contribution in [2.75, 3.05) is 0 Å². The first-order valence-corrected chi connectivity index (χ1v) is 12.8. The molecule has 0 bridgehead atoms. The number of nitrogens with one attached hydrogen (secondary N) is 1. The fourth-order valence-electron chi connectivity index (χ4n) is 4.82. The number of tetrazole rings is 1. The van der Waals surface area contributed by atoms with Crippen molar-refractivity contribution >= 4 is 10.9 Å². The van der Waals surface area contributed by atoms with Crippen LogP contribution in [-0.4, -0.2) is 35.1 Å². The van der Waals surface area contributed by atoms with Crippen LogP contribution in [0.5, 0.6) is 0 Å². The van der Waals surface area contributed by atoms with E-state index in [1.807, 2.05) is 53.3 Å². The lowest BCUT2D eigenvalue weighted by molar-refractivity contribution is 0.184. The summed E-state index contributed by atoms with van der Waals surface area (Å²) < 4.78 is 1.82. The standard InChI is InChI=1S/C30H33N7O/c1-20-14-24-16-25(29(38)32-26(24)15-21(20)2)27(28-33-34-35-37(28)30(3,4)5)36(18-22-10-7-6-8-11-22)19-23-12-9-13-31-17-23/h6-17,27H,18-19H2,1-5H3,(H,32,38). The summed E-state index contributed by atoms with van der Waals surface area (Å²) >= 11 is 0. The Hall–Kier alpha value is -4.17. The highest BCUT2D eigenvalue weighted by Gasteiger charge is 2.33. The average molecular weight is 508 g/mol. The van der Waals surface area contributed by atoms with Gasteiger partial charge in [-0.15, -0.1) is 5.10 Å². The molecule has 38 heavy (non-hydrogen) atoms. The Labute approximate surface area is 222 Å². The molecule has 0 saturated heterocycles. The predicted molar refractivity (Wildman–Crippen MR) is 149 cm³/mol. The van der Waals surface area contributed by atoms with E-state index in [1.165, 1.54) is 5.56 Å². The van der Waals surface area contributed by atoms with Gasteiger partial charge in [0.15, 0.2) is 5.82 Å². The first kappa shape index (κ1) is 25.5. The molecule has 3 aromatic heterocycles. The number of pyridine rings is 2. The summed E-state index contributed by atoms with van der Waals surface area (Å²) in [5.74, 6) is 0.617. The lowest BCUT2D eigenvalue weighted by Gasteiger charge is -2.33. The van der Waals surface area contributed by atoms with Gasteiger partial charge in [-0.2, -0.15) is 0 Å². The molecule has 8 heteroatoms. The molecule has 1 unspecified atom stereocenters. The molecular formula is C30H33N7O. The van der Waals surface area contributed by atoms with Gasteiger partial charge < -0.3 is 4.98 Å². The number of rotatable bonds is 7. The number of hydrogen-bond acceptors (Lipinski definition) is 6. The summed E-state index contributed by atoms with van der Waals surface area (Å²) in [6, 6.07) is 19.9. The zero-order valence-electron chi connectivity index (χ0n) is 22.5. The minimum atomic E-state index is -0.514. The highest BCUT2D eigenvalue weighted by atomic mass is 16.1. The Kier molecular flexibility index (Phi) is 6.91. The van der Waals surface area contributed by atoms with Gasteiger partial charge >= 0.3 is 0 Å². The lowest BCUT2D eigenvalue weighted by atomic mass is 9.99. The molecule has 2 aromatic carbocycles. The first-order chi connectivity index (χ1) is 18.2. The summed E-state index contributed by atoms with van der Waals surface area (Å²) in [4.78, 5) is 23.5. The van der Waals surface area contributed by atoms with Crippen LogP contribution in [0.1, 0.15) is 60.5 Å². The van der Waals surface area contributed by atoms with Crippen LogP contribution in [0.25, 0.3) is 10.9 Å². The maximum Gasteiger partial charge on any atom is 0.253 e. The van der Waals surface area contributed by atoms with E-state index in [9.17, 15) is 4.79 Å². The van der Waals surface area contributed by atoms with Crippen LogP contribution < -0.4 is 5.56 Å². The Morgan fingerprint density at radius 3 is 2.37 bits per heavy atom. The number of aromatic nitrogens is 6. The molecule has 194 valence electrons. The molecular weight excluding hydrogens is 474 g/mol. The van der Waals surface area contributed by atoms with Crippen LogP contribution in [0.3, 0.4) is 0 Å². The van der Waals surface area contributed by atoms with Crippen molar-refractivity contribution in [1.29, 1.82) is 0 Å². The van der Waals surface area contributed by atoms with Gasteiger partial charge in [0, 0.05) is 36.6 Å². The van der Waals surface area contributed by atoms with Gasteiger partial charge in [0.25, 0.3) is 5.56 Å². The summed E-state index contributed by atoms with van der Waals surface area (Å²) in [7, 11) is 0. The van der Waals surface area contributed by atoms with Gasteiger partial charge in [0.1, 0.15) is 6.04 Å². The van der Waals surface area contributed by atoms with Gasteiger partial charge in [-0.25, -0.2) is 4.68 Å². The van der Waals surface area contributed by atoms with Crippen molar-refractivity contribution in [3.05, 3.63) is 117 Å². The third-order valence-corrected chi connectivity index (χ3v) is 6.86. The van der Waals surface area contributed by atoms with E-state index in [2.05, 4.69) is 83.2 Å². The highest BCUT2D eigenvalue weighted by molar-refractivity contribution is 5.81. The molecule has 3 heterocycles. The lowest BCUT2D eigenvalue weighted by Crippen LogP contribution is -2.37. The molecule has 0 fully saturated rings. The molecule has 0 amide bonds. The second-order valence-corrected chi connectivity index (χ2v) is 10.9. The number of aryl methyl sites for hydroxylation is 2. The monoisotopic (exact) mass is 507 g/mol. The van der Waals surface area contributed by atoms with E-state index in [4.69, 9.17) is 0 Å². The normalized spacial score (nSPS) is 12.8. The van der Waals surface area contributed by atoms with Crippen molar-refractivity contribution in [3.8, 4) is 0 Å². The average Bonchev–Trinajstić information content (AvgIpc) is 3.37. The van der Waals surface area contributed by atoms with Crippen molar-refractivity contribution in [1.82, 2.24) is 35.1 Å². The highest BCUT2D eigenvalue weighted by Crippen LogP contribution is 2.32. The van der Waals surface area contributed by atoms with Gasteiger partial charge in [0.05, 0.1) is 5.54 Å². The SMILES string of the molecule is Cc1cc2cc(C(c3nnnn3C(C)(C)C)N(Cc3ccccc3)Cc3cccnc3)c(=O)[nH]c2cc1C. The van der Waals surface area contributed by atoms with Crippen molar-refractivity contribution < 1.29 is 0 Å². The number of benzene rings is 2. The number of fused-ring (bicyclic) bond motifs is 1. The van der Waals surface area contributed by atoms with E-state index in [1.54, 1.807) is 6.20 Å². The smallest absolute Gasteiger partial charge is 0.253 e. The molecule has 0 saturated carbocycles. The molecule has 8 nitrogen and oxygen atoms in total. The number of aromatic amines is 1. The minimum absolute atomic E-state index is 0.154. The summed E-state index contributed by atoms with van der Waals surface area (Å²) in [5.41, 5.74) is 5.34. The third-order valence-electron chi connectivity index (χ3n) is 6.86. The number of H-pyrrole nitrogens is 1. The topological polar surface area (TPSA) is 92.6 Å². The number of nitrogens with zero attached hydrogens (tertiary/aromatic N) is 6. The molecule has 0 spiro atoms. The minimum Gasteiger partial charge on any atom is -0.322 e. The molecule has 1 N–H and O–H groups in total. The molecule has 0 aliphatic rings. The summed E-state index contributed by atoms with van der Waals surface area (Å²) in [5, 5.41) is 13.9. The van der Waals surface area contributed by atoms with Crippen LogP contribution >= 0.6 is 0 Å². The van der Waals surface area contributed by atoms with E-state index in [0.717, 1.165) is 27.6 Å². The van der Waals surface area contributed by atoms with Crippen LogP contribution in [-0.2, 0) is 18.6 Å². The molecule has 1 atom stereocenters. The summed E-state index contributed by atoms with van der Waals surface area (Å²) in [6.07, 6.45) is 3.62. The van der Waals surface area contributed by atoms with Gasteiger partial charge in [0.2, 0.25) is 0 Å². The maximum atomic E-state index is 13.8. The Morgan fingerprint density at radius 2 is 1.66 bits per heavy atom. The Balaban J connectivity index is 1.74. The van der Waals surface area contributed by atoms with Crippen LogP contribution in [0.4, 0.5) is 0 Å². The van der Waals surface area contributed by atoms with Crippen molar-refractivity contribution in [3.63, 3.8) is 0 Å². The van der Waals surface area contributed by atoms with E-state index in [-0.39, 0.29) is 11.1 Å². The van der Waals surface area contributed by atoms with Crippen molar-refractivity contribution in [2.24, 2.45) is 0 Å². The second-order valence-electron chi connectivity index (χ2n) is 10.9. The molecule has 5 rings (SSSR count). The molecule has 0 aliphatic heterocycles. The second kappa shape index (κ2) is 10.3.